The molecule has 4 heteroatoms. The van der Waals surface area contributed by atoms with Crippen molar-refractivity contribution in [2.24, 2.45) is 11.8 Å². The molecule has 0 aromatic rings. The van der Waals surface area contributed by atoms with Crippen LogP contribution in [-0.2, 0) is 0 Å². The maximum atomic E-state index is 6.88. The first-order valence-corrected chi connectivity index (χ1v) is 7.34. The minimum absolute atomic E-state index is 0.750. The molecule has 2 aliphatic rings. The van der Waals surface area contributed by atoms with Gasteiger partial charge in [-0.15, -0.1) is 0 Å². The zero-order valence-electron chi connectivity index (χ0n) is 11.7. The van der Waals surface area contributed by atoms with Crippen LogP contribution in [0.15, 0.2) is 0 Å². The van der Waals surface area contributed by atoms with Crippen molar-refractivity contribution in [3.63, 3.8) is 0 Å². The van der Waals surface area contributed by atoms with Crippen LogP contribution in [0.1, 0.15) is 70.6 Å². The molecular formula is C15H26N2O2. The number of hydrogen-bond donors (Lipinski definition) is 2. The monoisotopic (exact) mass is 266 g/mol. The standard InChI is InChI=1S/C13H24.2CHNO/c1-3-7-12(8-4-1)11-13-9-5-2-6-10-13;2*2-1-3/h12-13H,1-11H2;2*3H. The number of rotatable bonds is 2. The quantitative estimate of drug-likeness (QED) is 0.732. The maximum absolute atomic E-state index is 6.88. The van der Waals surface area contributed by atoms with Crippen LogP contribution in [0.25, 0.3) is 0 Å². The summed E-state index contributed by atoms with van der Waals surface area (Å²) in [7, 11) is 0. The molecule has 0 radical (unpaired) electrons. The number of nitrogens with zero attached hydrogens (tertiary/aromatic N) is 2. The van der Waals surface area contributed by atoms with E-state index in [1.54, 1.807) is 32.1 Å². The number of aliphatic hydroxyl groups excluding tert-OH is 2. The second-order valence-electron chi connectivity index (χ2n) is 5.44. The molecule has 0 saturated heterocycles. The molecular weight excluding hydrogens is 240 g/mol. The van der Waals surface area contributed by atoms with E-state index in [9.17, 15) is 0 Å². The molecule has 0 aromatic heterocycles. The Hall–Kier alpha value is -1.42. The fourth-order valence-electron chi connectivity index (χ4n) is 3.32. The van der Waals surface area contributed by atoms with Gasteiger partial charge in [0.15, 0.2) is 0 Å². The molecule has 2 fully saturated rings. The van der Waals surface area contributed by atoms with Crippen molar-refractivity contribution in [2.75, 3.05) is 0 Å². The normalized spacial score (nSPS) is 19.7. The summed E-state index contributed by atoms with van der Waals surface area (Å²) in [6.45, 7) is 0. The van der Waals surface area contributed by atoms with E-state index in [1.165, 1.54) is 38.5 Å². The summed E-state index contributed by atoms with van der Waals surface area (Å²) >= 11 is 0. The topological polar surface area (TPSA) is 88.0 Å². The lowest BCUT2D eigenvalue weighted by Crippen LogP contribution is -2.14. The van der Waals surface area contributed by atoms with Crippen LogP contribution in [0.2, 0.25) is 0 Å². The molecule has 0 spiro atoms. The van der Waals surface area contributed by atoms with E-state index in [0.29, 0.717) is 0 Å². The van der Waals surface area contributed by atoms with Crippen LogP contribution < -0.4 is 0 Å². The summed E-state index contributed by atoms with van der Waals surface area (Å²) in [5.41, 5.74) is 0. The Morgan fingerprint density at radius 2 is 0.947 bits per heavy atom. The van der Waals surface area contributed by atoms with E-state index in [0.717, 1.165) is 24.3 Å². The van der Waals surface area contributed by atoms with Crippen molar-refractivity contribution in [1.82, 2.24) is 0 Å². The van der Waals surface area contributed by atoms with Crippen molar-refractivity contribution in [2.45, 2.75) is 70.6 Å². The molecule has 0 amide bonds. The van der Waals surface area contributed by atoms with Crippen LogP contribution in [0, 0.1) is 34.9 Å². The van der Waals surface area contributed by atoms with Gasteiger partial charge in [-0.2, -0.15) is 10.5 Å². The molecule has 0 heterocycles. The van der Waals surface area contributed by atoms with E-state index in [4.69, 9.17) is 20.7 Å². The van der Waals surface area contributed by atoms with Gasteiger partial charge in [-0.25, -0.2) is 0 Å². The SMILES string of the molecule is C1CCC(CC2CCCCC2)CC1.N#CO.N#CO. The lowest BCUT2D eigenvalue weighted by atomic mass is 9.78. The predicted molar refractivity (Wildman–Crippen MR) is 72.9 cm³/mol. The Morgan fingerprint density at radius 1 is 0.684 bits per heavy atom. The lowest BCUT2D eigenvalue weighted by Gasteiger charge is -2.28. The summed E-state index contributed by atoms with van der Waals surface area (Å²) in [5.74, 6) is 2.24. The van der Waals surface area contributed by atoms with Gasteiger partial charge in [-0.05, 0) is 18.3 Å². The lowest BCUT2D eigenvalue weighted by molar-refractivity contribution is 0.244. The highest BCUT2D eigenvalue weighted by atomic mass is 16.2. The molecule has 4 nitrogen and oxygen atoms in total. The average Bonchev–Trinajstić information content (AvgIpc) is 2.43. The van der Waals surface area contributed by atoms with Crippen LogP contribution in [0.4, 0.5) is 0 Å². The van der Waals surface area contributed by atoms with Gasteiger partial charge in [0, 0.05) is 0 Å². The fraction of sp³-hybridized carbons (Fsp3) is 0.867. The van der Waals surface area contributed by atoms with Crippen LogP contribution in [-0.4, -0.2) is 10.2 Å². The molecule has 0 atom stereocenters. The minimum atomic E-state index is 0.750. The van der Waals surface area contributed by atoms with Gasteiger partial charge in [-0.1, -0.05) is 64.2 Å². The van der Waals surface area contributed by atoms with Gasteiger partial charge >= 0.3 is 0 Å². The summed E-state index contributed by atoms with van der Waals surface area (Å²) in [4.78, 5) is 0. The van der Waals surface area contributed by atoms with E-state index in [2.05, 4.69) is 0 Å². The molecule has 2 saturated carbocycles. The van der Waals surface area contributed by atoms with Gasteiger partial charge in [0.1, 0.15) is 0 Å². The van der Waals surface area contributed by atoms with E-state index in [-0.39, 0.29) is 0 Å². The third-order valence-corrected chi connectivity index (χ3v) is 4.12. The molecule has 2 aliphatic carbocycles. The van der Waals surface area contributed by atoms with Gasteiger partial charge < -0.3 is 10.2 Å². The fourth-order valence-corrected chi connectivity index (χ4v) is 3.32. The van der Waals surface area contributed by atoms with Crippen LogP contribution >= 0.6 is 0 Å². The van der Waals surface area contributed by atoms with Gasteiger partial charge in [-0.3, -0.25) is 0 Å². The predicted octanol–water partition coefficient (Wildman–Crippen LogP) is 4.22. The second-order valence-corrected chi connectivity index (χ2v) is 5.44. The molecule has 2 N–H and O–H groups in total. The van der Waals surface area contributed by atoms with Crippen molar-refractivity contribution < 1.29 is 10.2 Å². The van der Waals surface area contributed by atoms with Gasteiger partial charge in [0.2, 0.25) is 0 Å². The second kappa shape index (κ2) is 13.0. The van der Waals surface area contributed by atoms with Gasteiger partial charge in [0.05, 0.1) is 0 Å². The zero-order chi connectivity index (χ0) is 14.3. The highest BCUT2D eigenvalue weighted by molar-refractivity contribution is 4.73. The zero-order valence-corrected chi connectivity index (χ0v) is 11.7. The molecule has 108 valence electrons. The molecule has 0 bridgehead atoms. The average molecular weight is 266 g/mol. The highest BCUT2D eigenvalue weighted by Gasteiger charge is 2.20. The van der Waals surface area contributed by atoms with Crippen LogP contribution in [0.5, 0.6) is 0 Å². The van der Waals surface area contributed by atoms with Crippen molar-refractivity contribution in [3.05, 3.63) is 0 Å². The van der Waals surface area contributed by atoms with E-state index < -0.39 is 0 Å². The Balaban J connectivity index is 0.000000465. The Bertz CT molecular complexity index is 241. The smallest absolute Gasteiger partial charge is 0.283 e. The molecule has 19 heavy (non-hydrogen) atoms. The third-order valence-electron chi connectivity index (χ3n) is 4.12. The number of aliphatic hydroxyl groups is 2. The Kier molecular flexibility index (Phi) is 12.0. The molecule has 2 rings (SSSR count). The van der Waals surface area contributed by atoms with E-state index in [1.807, 2.05) is 0 Å². The largest absolute Gasteiger partial charge is 0.443 e. The molecule has 0 aliphatic heterocycles. The highest BCUT2D eigenvalue weighted by Crippen LogP contribution is 2.34. The summed E-state index contributed by atoms with van der Waals surface area (Å²) in [6.07, 6.45) is 18.4. The summed E-state index contributed by atoms with van der Waals surface area (Å²) in [5, 5.41) is 27.5. The van der Waals surface area contributed by atoms with E-state index >= 15 is 0 Å². The first-order chi connectivity index (χ1) is 9.28. The third kappa shape index (κ3) is 10.2. The van der Waals surface area contributed by atoms with Crippen molar-refractivity contribution in [3.8, 4) is 12.5 Å². The van der Waals surface area contributed by atoms with Gasteiger partial charge in [0.25, 0.3) is 12.5 Å². The van der Waals surface area contributed by atoms with Crippen molar-refractivity contribution in [1.29, 1.82) is 10.5 Å². The summed E-state index contributed by atoms with van der Waals surface area (Å²) in [6, 6.07) is 0. The number of nitriles is 2. The first kappa shape index (κ1) is 17.6. The molecule has 0 unspecified atom stereocenters. The Morgan fingerprint density at radius 3 is 1.21 bits per heavy atom. The number of hydrogen-bond acceptors (Lipinski definition) is 4. The molecule has 0 aromatic carbocycles. The van der Waals surface area contributed by atoms with Crippen LogP contribution in [0.3, 0.4) is 0 Å². The first-order valence-electron chi connectivity index (χ1n) is 7.34. The summed E-state index contributed by atoms with van der Waals surface area (Å²) < 4.78 is 0. The maximum Gasteiger partial charge on any atom is 0.283 e. The van der Waals surface area contributed by atoms with Crippen molar-refractivity contribution >= 4 is 0 Å². The Labute approximate surface area is 116 Å². The minimum Gasteiger partial charge on any atom is -0.443 e.